The van der Waals surface area contributed by atoms with Crippen LogP contribution in [0.15, 0.2) is 17.1 Å². The molecule has 2 rings (SSSR count). The molecular weight excluding hydrogens is 358 g/mol. The maximum absolute atomic E-state index is 5.51. The second kappa shape index (κ2) is 9.87. The molecule has 28 heavy (non-hydrogen) atoms. The Hall–Kier alpha value is -2.90. The van der Waals surface area contributed by atoms with Gasteiger partial charge in [0.1, 0.15) is 17.2 Å². The predicted molar refractivity (Wildman–Crippen MR) is 111 cm³/mol. The van der Waals surface area contributed by atoms with Gasteiger partial charge < -0.3 is 24.8 Å². The monoisotopic (exact) mass is 389 g/mol. The van der Waals surface area contributed by atoms with Gasteiger partial charge in [0, 0.05) is 56.1 Å². The summed E-state index contributed by atoms with van der Waals surface area (Å²) in [6.45, 7) is 5.42. The fourth-order valence-electron chi connectivity index (χ4n) is 3.10. The third-order valence-corrected chi connectivity index (χ3v) is 4.80. The molecule has 0 atom stereocenters. The molecule has 2 aromatic rings. The van der Waals surface area contributed by atoms with E-state index in [-0.39, 0.29) is 0 Å². The van der Waals surface area contributed by atoms with Crippen LogP contribution in [-0.2, 0) is 20.0 Å². The summed E-state index contributed by atoms with van der Waals surface area (Å²) >= 11 is 0. The molecule has 0 aliphatic carbocycles. The summed E-state index contributed by atoms with van der Waals surface area (Å²) in [5.74, 6) is 2.91. The molecule has 154 valence electrons. The van der Waals surface area contributed by atoms with Crippen LogP contribution in [0.3, 0.4) is 0 Å². The van der Waals surface area contributed by atoms with Gasteiger partial charge in [-0.1, -0.05) is 0 Å². The summed E-state index contributed by atoms with van der Waals surface area (Å²) in [5, 5.41) is 11.1. The zero-order valence-corrected chi connectivity index (χ0v) is 17.8. The fraction of sp³-hybridized carbons (Fsp3) is 0.500. The van der Waals surface area contributed by atoms with E-state index in [1.54, 1.807) is 28.4 Å². The summed E-state index contributed by atoms with van der Waals surface area (Å²) in [6, 6.07) is 3.72. The second-order valence-electron chi connectivity index (χ2n) is 6.39. The van der Waals surface area contributed by atoms with Crippen LogP contribution in [0.2, 0.25) is 0 Å². The van der Waals surface area contributed by atoms with Crippen molar-refractivity contribution in [3.63, 3.8) is 0 Å². The lowest BCUT2D eigenvalue weighted by Gasteiger charge is -2.16. The van der Waals surface area contributed by atoms with E-state index < -0.39 is 0 Å². The Labute approximate surface area is 166 Å². The van der Waals surface area contributed by atoms with E-state index in [0.717, 1.165) is 34.4 Å². The van der Waals surface area contributed by atoms with E-state index in [1.165, 1.54) is 5.56 Å². The van der Waals surface area contributed by atoms with Gasteiger partial charge in [0.15, 0.2) is 5.96 Å². The van der Waals surface area contributed by atoms with Crippen molar-refractivity contribution in [1.29, 1.82) is 0 Å². The molecule has 1 heterocycles. The van der Waals surface area contributed by atoms with E-state index >= 15 is 0 Å². The molecule has 0 fully saturated rings. The van der Waals surface area contributed by atoms with Gasteiger partial charge in [-0.25, -0.2) is 0 Å². The molecule has 0 saturated heterocycles. The summed E-state index contributed by atoms with van der Waals surface area (Å²) in [4.78, 5) is 4.30. The smallest absolute Gasteiger partial charge is 0.191 e. The van der Waals surface area contributed by atoms with Crippen LogP contribution >= 0.6 is 0 Å². The van der Waals surface area contributed by atoms with Crippen LogP contribution in [0.1, 0.15) is 22.5 Å². The molecular formula is C20H31N5O3. The van der Waals surface area contributed by atoms with Crippen LogP contribution in [0.4, 0.5) is 0 Å². The fourth-order valence-corrected chi connectivity index (χ4v) is 3.10. The van der Waals surface area contributed by atoms with E-state index in [2.05, 4.69) is 27.6 Å². The van der Waals surface area contributed by atoms with Crippen LogP contribution in [-0.4, -0.2) is 50.7 Å². The number of hydrogen-bond acceptors (Lipinski definition) is 5. The van der Waals surface area contributed by atoms with E-state index in [9.17, 15) is 0 Å². The Bertz CT molecular complexity index is 804. The van der Waals surface area contributed by atoms with E-state index in [0.29, 0.717) is 25.3 Å². The Morgan fingerprint density at radius 2 is 1.68 bits per heavy atom. The van der Waals surface area contributed by atoms with E-state index in [4.69, 9.17) is 14.2 Å². The largest absolute Gasteiger partial charge is 0.496 e. The summed E-state index contributed by atoms with van der Waals surface area (Å²) in [5.41, 5.74) is 4.33. The van der Waals surface area contributed by atoms with Crippen LogP contribution in [0, 0.1) is 13.8 Å². The number of ether oxygens (including phenoxy) is 3. The molecule has 0 saturated carbocycles. The van der Waals surface area contributed by atoms with Gasteiger partial charge in [-0.2, -0.15) is 5.10 Å². The maximum Gasteiger partial charge on any atom is 0.191 e. The average molecular weight is 390 g/mol. The minimum atomic E-state index is 0.667. The number of nitrogens with one attached hydrogen (secondary N) is 2. The lowest BCUT2D eigenvalue weighted by Crippen LogP contribution is -2.38. The minimum absolute atomic E-state index is 0.667. The molecule has 1 aromatic carbocycles. The number of benzene rings is 1. The van der Waals surface area contributed by atoms with Crippen LogP contribution in [0.25, 0.3) is 0 Å². The number of nitrogens with zero attached hydrogens (tertiary/aromatic N) is 3. The number of aliphatic imine (C=N–C) groups is 1. The number of guanidine groups is 1. The van der Waals surface area contributed by atoms with Crippen molar-refractivity contribution in [3.8, 4) is 17.2 Å². The van der Waals surface area contributed by atoms with Gasteiger partial charge in [0.2, 0.25) is 0 Å². The molecule has 0 unspecified atom stereocenters. The van der Waals surface area contributed by atoms with Crippen molar-refractivity contribution in [2.75, 3.05) is 34.9 Å². The molecule has 8 nitrogen and oxygen atoms in total. The minimum Gasteiger partial charge on any atom is -0.496 e. The number of hydrogen-bond donors (Lipinski definition) is 2. The van der Waals surface area contributed by atoms with Gasteiger partial charge in [-0.05, 0) is 20.3 Å². The van der Waals surface area contributed by atoms with Crippen molar-refractivity contribution >= 4 is 5.96 Å². The summed E-state index contributed by atoms with van der Waals surface area (Å²) in [7, 11) is 8.62. The third kappa shape index (κ3) is 4.88. The van der Waals surface area contributed by atoms with Gasteiger partial charge in [0.25, 0.3) is 0 Å². The van der Waals surface area contributed by atoms with Crippen molar-refractivity contribution in [3.05, 3.63) is 34.6 Å². The first-order chi connectivity index (χ1) is 13.4. The zero-order valence-electron chi connectivity index (χ0n) is 17.8. The van der Waals surface area contributed by atoms with Gasteiger partial charge in [-0.15, -0.1) is 0 Å². The molecule has 0 aliphatic rings. The topological polar surface area (TPSA) is 81.9 Å². The molecule has 1 aromatic heterocycles. The van der Waals surface area contributed by atoms with Gasteiger partial charge in [0.05, 0.1) is 27.0 Å². The highest BCUT2D eigenvalue weighted by molar-refractivity contribution is 5.79. The third-order valence-electron chi connectivity index (χ3n) is 4.80. The van der Waals surface area contributed by atoms with Crippen molar-refractivity contribution < 1.29 is 14.2 Å². The highest BCUT2D eigenvalue weighted by Gasteiger charge is 2.14. The molecule has 0 amide bonds. The average Bonchev–Trinajstić information content (AvgIpc) is 2.95. The SMILES string of the molecule is CN=C(NCCc1c(OC)cc(OC)cc1OC)NCc1c(C)nn(C)c1C. The molecule has 0 spiro atoms. The number of aromatic nitrogens is 2. The molecule has 8 heteroatoms. The van der Waals surface area contributed by atoms with Crippen molar-refractivity contribution in [2.45, 2.75) is 26.8 Å². The molecule has 0 bridgehead atoms. The van der Waals surface area contributed by atoms with Crippen molar-refractivity contribution in [1.82, 2.24) is 20.4 Å². The molecule has 0 aliphatic heterocycles. The Morgan fingerprint density at radius 3 is 2.14 bits per heavy atom. The first-order valence-corrected chi connectivity index (χ1v) is 9.17. The quantitative estimate of drug-likeness (QED) is 0.531. The highest BCUT2D eigenvalue weighted by atomic mass is 16.5. The summed E-state index contributed by atoms with van der Waals surface area (Å²) < 4.78 is 18.2. The first kappa shape index (κ1) is 21.4. The van der Waals surface area contributed by atoms with Crippen molar-refractivity contribution in [2.24, 2.45) is 12.0 Å². The van der Waals surface area contributed by atoms with E-state index in [1.807, 2.05) is 30.8 Å². The maximum atomic E-state index is 5.51. The Morgan fingerprint density at radius 1 is 1.04 bits per heavy atom. The second-order valence-corrected chi connectivity index (χ2v) is 6.39. The standard InChI is InChI=1S/C20H31N5O3/c1-13-17(14(2)25(4)24-13)12-23-20(21-3)22-9-8-16-18(27-6)10-15(26-5)11-19(16)28-7/h10-11H,8-9,12H2,1-7H3,(H2,21,22,23). The lowest BCUT2D eigenvalue weighted by atomic mass is 10.1. The number of methoxy groups -OCH3 is 3. The zero-order chi connectivity index (χ0) is 20.7. The molecule has 0 radical (unpaired) electrons. The lowest BCUT2D eigenvalue weighted by molar-refractivity contribution is 0.368. The number of aryl methyl sites for hydroxylation is 2. The first-order valence-electron chi connectivity index (χ1n) is 9.17. The Balaban J connectivity index is 1.99. The Kier molecular flexibility index (Phi) is 7.54. The highest BCUT2D eigenvalue weighted by Crippen LogP contribution is 2.34. The van der Waals surface area contributed by atoms with Gasteiger partial charge in [-0.3, -0.25) is 9.67 Å². The normalized spacial score (nSPS) is 11.3. The summed E-state index contributed by atoms with van der Waals surface area (Å²) in [6.07, 6.45) is 0.710. The number of rotatable bonds is 8. The molecule has 2 N–H and O–H groups in total. The van der Waals surface area contributed by atoms with Crippen LogP contribution < -0.4 is 24.8 Å². The van der Waals surface area contributed by atoms with Crippen LogP contribution in [0.5, 0.6) is 17.2 Å². The predicted octanol–water partition coefficient (Wildman–Crippen LogP) is 1.97. The van der Waals surface area contributed by atoms with Gasteiger partial charge >= 0.3 is 0 Å².